The van der Waals surface area contributed by atoms with E-state index in [0.717, 1.165) is 25.4 Å². The lowest BCUT2D eigenvalue weighted by molar-refractivity contribution is -0.145. The minimum atomic E-state index is -0.744. The van der Waals surface area contributed by atoms with Gasteiger partial charge in [0.05, 0.1) is 0 Å². The number of likely N-dealkylation sites (N-methyl/N-ethyl adjacent to an activating group) is 1. The van der Waals surface area contributed by atoms with E-state index >= 15 is 0 Å². The van der Waals surface area contributed by atoms with Gasteiger partial charge in [0.2, 0.25) is 0 Å². The average Bonchev–Trinajstić information content (AvgIpc) is 2.37. The number of hydrogen-bond donors (Lipinski definition) is 2. The number of hydrogen-bond acceptors (Lipinski definition) is 3. The van der Waals surface area contributed by atoms with E-state index in [1.807, 2.05) is 6.92 Å². The van der Waals surface area contributed by atoms with Gasteiger partial charge >= 0.3 is 5.97 Å². The van der Waals surface area contributed by atoms with E-state index < -0.39 is 11.5 Å². The van der Waals surface area contributed by atoms with Crippen molar-refractivity contribution in [2.45, 2.75) is 64.5 Å². The van der Waals surface area contributed by atoms with E-state index in [0.29, 0.717) is 18.9 Å². The van der Waals surface area contributed by atoms with Gasteiger partial charge in [-0.05, 0) is 65.1 Å². The standard InChI is InChI=1S/C15H30N2O2/c1-5-15(16-4,14(18)19)8-6-9-17-10-7-12(2)11-13(17)3/h12-13,16H,5-11H2,1-4H3,(H,18,19). The van der Waals surface area contributed by atoms with Crippen LogP contribution in [0.15, 0.2) is 0 Å². The zero-order valence-electron chi connectivity index (χ0n) is 12.9. The molecule has 0 aliphatic carbocycles. The van der Waals surface area contributed by atoms with E-state index in [1.165, 1.54) is 12.8 Å². The first-order chi connectivity index (χ1) is 8.95. The largest absolute Gasteiger partial charge is 0.480 e. The molecule has 4 nitrogen and oxygen atoms in total. The summed E-state index contributed by atoms with van der Waals surface area (Å²) in [7, 11) is 1.75. The van der Waals surface area contributed by atoms with Crippen LogP contribution in [-0.2, 0) is 4.79 Å². The van der Waals surface area contributed by atoms with Crippen molar-refractivity contribution in [1.82, 2.24) is 10.2 Å². The summed E-state index contributed by atoms with van der Waals surface area (Å²) in [6.07, 6.45) is 4.82. The van der Waals surface area contributed by atoms with Crippen molar-refractivity contribution in [3.8, 4) is 0 Å². The van der Waals surface area contributed by atoms with Crippen LogP contribution < -0.4 is 5.32 Å². The molecule has 0 aromatic heterocycles. The smallest absolute Gasteiger partial charge is 0.323 e. The third-order valence-electron chi connectivity index (χ3n) is 4.82. The van der Waals surface area contributed by atoms with Crippen LogP contribution in [0.4, 0.5) is 0 Å². The highest BCUT2D eigenvalue weighted by atomic mass is 16.4. The number of carbonyl (C=O) groups is 1. The van der Waals surface area contributed by atoms with Crippen molar-refractivity contribution >= 4 is 5.97 Å². The zero-order chi connectivity index (χ0) is 14.5. The Morgan fingerprint density at radius 1 is 1.47 bits per heavy atom. The Labute approximate surface area is 117 Å². The molecule has 2 N–H and O–H groups in total. The van der Waals surface area contributed by atoms with Crippen LogP contribution in [-0.4, -0.2) is 47.7 Å². The number of aliphatic carboxylic acids is 1. The first kappa shape index (κ1) is 16.4. The fourth-order valence-corrected chi connectivity index (χ4v) is 3.22. The fourth-order valence-electron chi connectivity index (χ4n) is 3.22. The number of nitrogens with zero attached hydrogens (tertiary/aromatic N) is 1. The topological polar surface area (TPSA) is 52.6 Å². The summed E-state index contributed by atoms with van der Waals surface area (Å²) in [4.78, 5) is 13.9. The molecule has 3 atom stereocenters. The Bertz CT molecular complexity index is 290. The molecule has 1 fully saturated rings. The molecule has 0 aromatic rings. The molecular formula is C15H30N2O2. The molecule has 0 bridgehead atoms. The lowest BCUT2D eigenvalue weighted by Gasteiger charge is -2.37. The van der Waals surface area contributed by atoms with Crippen LogP contribution in [0.3, 0.4) is 0 Å². The van der Waals surface area contributed by atoms with Crippen molar-refractivity contribution in [2.24, 2.45) is 5.92 Å². The summed E-state index contributed by atoms with van der Waals surface area (Å²) in [5.74, 6) is 0.107. The predicted octanol–water partition coefficient (Wildman–Crippen LogP) is 2.34. The molecule has 0 spiro atoms. The van der Waals surface area contributed by atoms with Crippen LogP contribution >= 0.6 is 0 Å². The van der Waals surface area contributed by atoms with Gasteiger partial charge in [0.1, 0.15) is 5.54 Å². The van der Waals surface area contributed by atoms with Crippen molar-refractivity contribution in [1.29, 1.82) is 0 Å². The molecule has 3 unspecified atom stereocenters. The normalized spacial score (nSPS) is 28.0. The maximum absolute atomic E-state index is 11.4. The summed E-state index contributed by atoms with van der Waals surface area (Å²) >= 11 is 0. The second kappa shape index (κ2) is 7.25. The monoisotopic (exact) mass is 270 g/mol. The SMILES string of the molecule is CCC(CCCN1CCC(C)CC1C)(NC)C(=O)O. The molecule has 0 aromatic carbocycles. The second-order valence-electron chi connectivity index (χ2n) is 6.11. The lowest BCUT2D eigenvalue weighted by atomic mass is 9.89. The van der Waals surface area contributed by atoms with Gasteiger partial charge in [-0.15, -0.1) is 0 Å². The van der Waals surface area contributed by atoms with Crippen LogP contribution in [0.5, 0.6) is 0 Å². The molecule has 1 rings (SSSR count). The number of carboxylic acid groups (broad SMARTS) is 1. The number of carboxylic acids is 1. The van der Waals surface area contributed by atoms with Crippen molar-refractivity contribution in [3.63, 3.8) is 0 Å². The van der Waals surface area contributed by atoms with Gasteiger partial charge in [-0.3, -0.25) is 4.79 Å². The first-order valence-corrected chi connectivity index (χ1v) is 7.61. The molecule has 112 valence electrons. The van der Waals surface area contributed by atoms with Crippen LogP contribution in [0, 0.1) is 5.92 Å². The van der Waals surface area contributed by atoms with Crippen LogP contribution in [0.1, 0.15) is 52.9 Å². The second-order valence-corrected chi connectivity index (χ2v) is 6.11. The van der Waals surface area contributed by atoms with Gasteiger partial charge in [0.25, 0.3) is 0 Å². The molecule has 19 heavy (non-hydrogen) atoms. The predicted molar refractivity (Wildman–Crippen MR) is 78.4 cm³/mol. The number of nitrogens with one attached hydrogen (secondary N) is 1. The third-order valence-corrected chi connectivity index (χ3v) is 4.82. The van der Waals surface area contributed by atoms with E-state index in [9.17, 15) is 9.90 Å². The Morgan fingerprint density at radius 3 is 2.63 bits per heavy atom. The van der Waals surface area contributed by atoms with Gasteiger partial charge in [0, 0.05) is 6.04 Å². The van der Waals surface area contributed by atoms with Gasteiger partial charge < -0.3 is 15.3 Å². The molecule has 1 aliphatic rings. The van der Waals surface area contributed by atoms with Gasteiger partial charge in [-0.2, -0.15) is 0 Å². The summed E-state index contributed by atoms with van der Waals surface area (Å²) in [6.45, 7) is 8.73. The Kier molecular flexibility index (Phi) is 6.27. The summed E-state index contributed by atoms with van der Waals surface area (Å²) in [5.41, 5.74) is -0.744. The fraction of sp³-hybridized carbons (Fsp3) is 0.933. The highest BCUT2D eigenvalue weighted by Crippen LogP contribution is 2.24. The maximum atomic E-state index is 11.4. The summed E-state index contributed by atoms with van der Waals surface area (Å²) in [6, 6.07) is 0.638. The quantitative estimate of drug-likeness (QED) is 0.745. The highest BCUT2D eigenvalue weighted by molar-refractivity contribution is 5.78. The van der Waals surface area contributed by atoms with E-state index in [-0.39, 0.29) is 0 Å². The van der Waals surface area contributed by atoms with Gasteiger partial charge in [-0.1, -0.05) is 13.8 Å². The molecular weight excluding hydrogens is 240 g/mol. The molecule has 0 amide bonds. The minimum Gasteiger partial charge on any atom is -0.480 e. The van der Waals surface area contributed by atoms with E-state index in [4.69, 9.17) is 0 Å². The van der Waals surface area contributed by atoms with Crippen LogP contribution in [0.2, 0.25) is 0 Å². The van der Waals surface area contributed by atoms with Crippen molar-refractivity contribution in [2.75, 3.05) is 20.1 Å². The number of piperidine rings is 1. The number of rotatable bonds is 7. The van der Waals surface area contributed by atoms with E-state index in [1.54, 1.807) is 7.05 Å². The van der Waals surface area contributed by atoms with Crippen molar-refractivity contribution in [3.05, 3.63) is 0 Å². The number of likely N-dealkylation sites (tertiary alicyclic amines) is 1. The Morgan fingerprint density at radius 2 is 2.16 bits per heavy atom. The molecule has 4 heteroatoms. The summed E-state index contributed by atoms with van der Waals surface area (Å²) in [5, 5.41) is 12.4. The van der Waals surface area contributed by atoms with E-state index in [2.05, 4.69) is 24.1 Å². The molecule has 1 saturated heterocycles. The molecule has 0 saturated carbocycles. The average molecular weight is 270 g/mol. The van der Waals surface area contributed by atoms with Crippen LogP contribution in [0.25, 0.3) is 0 Å². The van der Waals surface area contributed by atoms with Crippen molar-refractivity contribution < 1.29 is 9.90 Å². The first-order valence-electron chi connectivity index (χ1n) is 7.61. The van der Waals surface area contributed by atoms with Gasteiger partial charge in [0.15, 0.2) is 0 Å². The minimum absolute atomic E-state index is 0.630. The highest BCUT2D eigenvalue weighted by Gasteiger charge is 2.34. The van der Waals surface area contributed by atoms with Gasteiger partial charge in [-0.25, -0.2) is 0 Å². The molecule has 0 radical (unpaired) electrons. The zero-order valence-corrected chi connectivity index (χ0v) is 12.9. The third kappa shape index (κ3) is 4.18. The summed E-state index contributed by atoms with van der Waals surface area (Å²) < 4.78 is 0. The molecule has 1 aliphatic heterocycles. The maximum Gasteiger partial charge on any atom is 0.323 e. The Hall–Kier alpha value is -0.610. The molecule has 1 heterocycles. The lowest BCUT2D eigenvalue weighted by Crippen LogP contribution is -2.50. The Balaban J connectivity index is 2.42.